The maximum atomic E-state index is 13.1. The topological polar surface area (TPSA) is 68.3 Å². The third-order valence-electron chi connectivity index (χ3n) is 4.72. The van der Waals surface area contributed by atoms with Gasteiger partial charge in [-0.05, 0) is 36.4 Å². The van der Waals surface area contributed by atoms with E-state index in [1.54, 1.807) is 0 Å². The zero-order valence-corrected chi connectivity index (χ0v) is 15.6. The number of fused-ring (bicyclic) bond motifs is 5. The minimum absolute atomic E-state index is 0.0151. The first kappa shape index (κ1) is 16.6. The van der Waals surface area contributed by atoms with Gasteiger partial charge in [0, 0.05) is 31.6 Å². The normalized spacial score (nSPS) is 11.9. The molecule has 0 bridgehead atoms. The molecule has 0 radical (unpaired) electrons. The second-order valence-corrected chi connectivity index (χ2v) is 8.10. The quantitative estimate of drug-likeness (QED) is 0.385. The van der Waals surface area contributed by atoms with Crippen LogP contribution in [0.4, 0.5) is 0 Å². The fourth-order valence-corrected chi connectivity index (χ4v) is 5.05. The van der Waals surface area contributed by atoms with Crippen molar-refractivity contribution in [2.24, 2.45) is 0 Å². The molecule has 0 spiro atoms. The monoisotopic (exact) mass is 412 g/mol. The lowest BCUT2D eigenvalue weighted by Gasteiger charge is -1.99. The molecule has 4 aromatic carbocycles. The Hall–Kier alpha value is -2.60. The van der Waals surface area contributed by atoms with Gasteiger partial charge >= 0.3 is 0 Å². The summed E-state index contributed by atoms with van der Waals surface area (Å²) in [4.78, 5) is 51.9. The molecule has 130 valence electrons. The Labute approximate surface area is 163 Å². The van der Waals surface area contributed by atoms with E-state index in [9.17, 15) is 19.2 Å². The van der Waals surface area contributed by atoms with Crippen molar-refractivity contribution >= 4 is 76.3 Å². The van der Waals surface area contributed by atoms with Crippen molar-refractivity contribution in [3.8, 4) is 0 Å². The average molecular weight is 413 g/mol. The van der Waals surface area contributed by atoms with Crippen LogP contribution in [0.3, 0.4) is 0 Å². The molecule has 0 fully saturated rings. The molecule has 0 aliphatic carbocycles. The number of benzene rings is 4. The molecule has 0 saturated heterocycles. The van der Waals surface area contributed by atoms with E-state index in [2.05, 4.69) is 0 Å². The summed E-state index contributed by atoms with van der Waals surface area (Å²) in [6.45, 7) is 0. The van der Waals surface area contributed by atoms with Gasteiger partial charge in [0.25, 0.3) is 0 Å². The van der Waals surface area contributed by atoms with Crippen molar-refractivity contribution in [3.63, 3.8) is 0 Å². The summed E-state index contributed by atoms with van der Waals surface area (Å²) in [5, 5.41) is 1.30. The van der Waals surface area contributed by atoms with Crippen LogP contribution in [0.5, 0.6) is 0 Å². The molecule has 27 heavy (non-hydrogen) atoms. The molecule has 0 atom stereocenters. The Kier molecular flexibility index (Phi) is 3.35. The molecule has 0 saturated carbocycles. The summed E-state index contributed by atoms with van der Waals surface area (Å²) >= 11 is 12.8. The SMILES string of the molecule is O=c1c2ccc(Cl)cc2c(=O)c2c1sc1c(=O)c3ccc(Cl)cc3c(=O)c12. The van der Waals surface area contributed by atoms with E-state index in [0.29, 0.717) is 10.0 Å². The molecule has 0 aliphatic rings. The highest BCUT2D eigenvalue weighted by Gasteiger charge is 2.22. The first-order chi connectivity index (χ1) is 12.9. The highest BCUT2D eigenvalue weighted by atomic mass is 35.5. The predicted molar refractivity (Wildman–Crippen MR) is 112 cm³/mol. The van der Waals surface area contributed by atoms with Crippen LogP contribution in [0, 0.1) is 0 Å². The average Bonchev–Trinajstić information content (AvgIpc) is 3.05. The minimum atomic E-state index is -0.480. The smallest absolute Gasteiger partial charge is 0.204 e. The Morgan fingerprint density at radius 3 is 1.37 bits per heavy atom. The Morgan fingerprint density at radius 2 is 0.963 bits per heavy atom. The van der Waals surface area contributed by atoms with E-state index in [0.717, 1.165) is 11.3 Å². The third-order valence-corrected chi connectivity index (χ3v) is 6.37. The Balaban J connectivity index is 2.21. The molecule has 5 aromatic rings. The van der Waals surface area contributed by atoms with E-state index in [-0.39, 0.29) is 41.7 Å². The van der Waals surface area contributed by atoms with Crippen LogP contribution in [0.15, 0.2) is 55.6 Å². The first-order valence-corrected chi connectivity index (χ1v) is 9.40. The molecule has 1 heterocycles. The van der Waals surface area contributed by atoms with Gasteiger partial charge in [-0.15, -0.1) is 11.3 Å². The summed E-state index contributed by atoms with van der Waals surface area (Å²) < 4.78 is 0.223. The summed E-state index contributed by atoms with van der Waals surface area (Å²) in [5.41, 5.74) is -1.74. The van der Waals surface area contributed by atoms with Gasteiger partial charge in [-0.2, -0.15) is 0 Å². The predicted octanol–water partition coefficient (Wildman–Crippen LogP) is 3.98. The molecule has 7 heteroatoms. The highest BCUT2D eigenvalue weighted by Crippen LogP contribution is 2.29. The number of hydrogen-bond acceptors (Lipinski definition) is 5. The maximum Gasteiger partial charge on any atom is 0.204 e. The first-order valence-electron chi connectivity index (χ1n) is 7.83. The van der Waals surface area contributed by atoms with E-state index in [1.807, 2.05) is 0 Å². The number of halogens is 2. The second kappa shape index (κ2) is 5.45. The molecule has 0 aliphatic heterocycles. The maximum absolute atomic E-state index is 13.1. The minimum Gasteiger partial charge on any atom is -0.289 e. The van der Waals surface area contributed by atoms with Crippen LogP contribution in [0.25, 0.3) is 41.7 Å². The van der Waals surface area contributed by atoms with Gasteiger partial charge in [-0.25, -0.2) is 0 Å². The van der Waals surface area contributed by atoms with Crippen LogP contribution in [0.2, 0.25) is 10.0 Å². The van der Waals surface area contributed by atoms with Crippen molar-refractivity contribution in [2.45, 2.75) is 0 Å². The number of rotatable bonds is 0. The zero-order chi connectivity index (χ0) is 19.0. The summed E-state index contributed by atoms with van der Waals surface area (Å²) in [7, 11) is 0. The molecule has 5 rings (SSSR count). The largest absolute Gasteiger partial charge is 0.289 e. The van der Waals surface area contributed by atoms with Crippen molar-refractivity contribution in [3.05, 3.63) is 87.3 Å². The fourth-order valence-electron chi connectivity index (χ4n) is 3.50. The molecule has 1 aromatic heterocycles. The van der Waals surface area contributed by atoms with Crippen molar-refractivity contribution in [2.75, 3.05) is 0 Å². The van der Waals surface area contributed by atoms with Gasteiger partial charge in [0.05, 0.1) is 20.2 Å². The molecule has 4 nitrogen and oxygen atoms in total. The van der Waals surface area contributed by atoms with Crippen LogP contribution < -0.4 is 21.7 Å². The van der Waals surface area contributed by atoms with Crippen molar-refractivity contribution in [1.82, 2.24) is 0 Å². The number of thiophene rings is 1. The van der Waals surface area contributed by atoms with Gasteiger partial charge in [0.2, 0.25) is 10.9 Å². The standard InChI is InChI=1S/C20H6Cl2O4S/c21-7-1-3-9-11(5-7)15(23)13-14-16(24)12-6-8(22)2-4-10(12)18(26)20(14)27-19(13)17(9)25/h1-6H. The lowest BCUT2D eigenvalue weighted by atomic mass is 10.0. The second-order valence-electron chi connectivity index (χ2n) is 6.21. The fraction of sp³-hybridized carbons (Fsp3) is 0. The van der Waals surface area contributed by atoms with E-state index in [1.165, 1.54) is 36.4 Å². The summed E-state index contributed by atoms with van der Waals surface area (Å²) in [6.07, 6.45) is 0. The molecular formula is C20H6Cl2O4S. The van der Waals surface area contributed by atoms with Gasteiger partial charge in [-0.3, -0.25) is 19.2 Å². The van der Waals surface area contributed by atoms with E-state index < -0.39 is 21.7 Å². The van der Waals surface area contributed by atoms with Gasteiger partial charge in [0.1, 0.15) is 0 Å². The van der Waals surface area contributed by atoms with Crippen molar-refractivity contribution in [1.29, 1.82) is 0 Å². The Bertz CT molecular complexity index is 1550. The molecular weight excluding hydrogens is 407 g/mol. The Morgan fingerprint density at radius 1 is 0.556 bits per heavy atom. The van der Waals surface area contributed by atoms with Crippen LogP contribution in [0.1, 0.15) is 0 Å². The van der Waals surface area contributed by atoms with Crippen LogP contribution >= 0.6 is 34.5 Å². The van der Waals surface area contributed by atoms with Crippen LogP contribution in [-0.4, -0.2) is 0 Å². The van der Waals surface area contributed by atoms with E-state index in [4.69, 9.17) is 23.2 Å². The highest BCUT2D eigenvalue weighted by molar-refractivity contribution is 7.25. The van der Waals surface area contributed by atoms with Gasteiger partial charge in [-0.1, -0.05) is 23.2 Å². The lowest BCUT2D eigenvalue weighted by molar-refractivity contribution is 1.69. The van der Waals surface area contributed by atoms with E-state index >= 15 is 0 Å². The summed E-state index contributed by atoms with van der Waals surface area (Å²) in [5.74, 6) is 0. The van der Waals surface area contributed by atoms with Gasteiger partial charge < -0.3 is 0 Å². The van der Waals surface area contributed by atoms with Crippen LogP contribution in [-0.2, 0) is 0 Å². The molecule has 0 N–H and O–H groups in total. The molecule has 0 amide bonds. The van der Waals surface area contributed by atoms with Crippen molar-refractivity contribution < 1.29 is 0 Å². The summed E-state index contributed by atoms with van der Waals surface area (Å²) in [6, 6.07) is 8.83. The van der Waals surface area contributed by atoms with Gasteiger partial charge in [0.15, 0.2) is 10.9 Å². The molecule has 0 unspecified atom stereocenters. The third kappa shape index (κ3) is 2.10. The lowest BCUT2D eigenvalue weighted by Crippen LogP contribution is -2.15. The number of hydrogen-bond donors (Lipinski definition) is 0. The zero-order valence-electron chi connectivity index (χ0n) is 13.3.